The van der Waals surface area contributed by atoms with Gasteiger partial charge in [-0.2, -0.15) is 0 Å². The summed E-state index contributed by atoms with van der Waals surface area (Å²) < 4.78 is 15.9. The molecule has 0 fully saturated rings. The van der Waals surface area contributed by atoms with Gasteiger partial charge in [0.1, 0.15) is 17.9 Å². The highest BCUT2D eigenvalue weighted by Gasteiger charge is 2.09. The molecule has 0 aliphatic rings. The van der Waals surface area contributed by atoms with Crippen molar-refractivity contribution in [3.63, 3.8) is 0 Å². The van der Waals surface area contributed by atoms with E-state index < -0.39 is 0 Å². The number of nitrogens with zero attached hydrogens (tertiary/aromatic N) is 2. The minimum atomic E-state index is -0.317. The smallest absolute Gasteiger partial charge is 0.275 e. The number of benzene rings is 1. The Bertz CT molecular complexity index is 910. The van der Waals surface area contributed by atoms with Crippen molar-refractivity contribution in [3.05, 3.63) is 70.5 Å². The second-order valence-corrected chi connectivity index (χ2v) is 5.38. The number of carbonyl (C=O) groups is 1. The summed E-state index contributed by atoms with van der Waals surface area (Å²) in [4.78, 5) is 24.4. The molecule has 1 amide bonds. The van der Waals surface area contributed by atoms with Gasteiger partial charge in [0.15, 0.2) is 0 Å². The average Bonchev–Trinajstić information content (AvgIpc) is 2.91. The standard InChI is InChI=1S/C17H16FN3O2/c1-20-8-6-13-7-9-21(17(23)16(13)20)11-15(22)19-10-12-2-4-14(18)5-3-12/h2-9H,10-11H2,1H3,(H,19,22). The predicted molar refractivity (Wildman–Crippen MR) is 85.4 cm³/mol. The molecule has 1 aromatic carbocycles. The van der Waals surface area contributed by atoms with Crippen molar-refractivity contribution < 1.29 is 9.18 Å². The van der Waals surface area contributed by atoms with E-state index in [1.165, 1.54) is 16.7 Å². The number of halogens is 1. The van der Waals surface area contributed by atoms with Crippen LogP contribution in [0, 0.1) is 5.82 Å². The van der Waals surface area contributed by atoms with Crippen LogP contribution in [0.15, 0.2) is 53.6 Å². The lowest BCUT2D eigenvalue weighted by Crippen LogP contribution is -2.32. The van der Waals surface area contributed by atoms with E-state index in [0.717, 1.165) is 10.9 Å². The van der Waals surface area contributed by atoms with Crippen LogP contribution in [0.5, 0.6) is 0 Å². The molecule has 0 bridgehead atoms. The highest BCUT2D eigenvalue weighted by Crippen LogP contribution is 2.09. The Morgan fingerprint density at radius 2 is 1.83 bits per heavy atom. The zero-order chi connectivity index (χ0) is 16.4. The van der Waals surface area contributed by atoms with Gasteiger partial charge >= 0.3 is 0 Å². The van der Waals surface area contributed by atoms with E-state index in [9.17, 15) is 14.0 Å². The van der Waals surface area contributed by atoms with Gasteiger partial charge < -0.3 is 14.5 Å². The van der Waals surface area contributed by atoms with Crippen molar-refractivity contribution in [1.82, 2.24) is 14.5 Å². The first-order chi connectivity index (χ1) is 11.0. The molecule has 0 aliphatic carbocycles. The number of pyridine rings is 1. The molecule has 0 spiro atoms. The lowest BCUT2D eigenvalue weighted by molar-refractivity contribution is -0.121. The molecule has 5 nitrogen and oxygen atoms in total. The molecular weight excluding hydrogens is 297 g/mol. The highest BCUT2D eigenvalue weighted by atomic mass is 19.1. The summed E-state index contributed by atoms with van der Waals surface area (Å²) in [6.45, 7) is 0.238. The van der Waals surface area contributed by atoms with Crippen LogP contribution in [0.2, 0.25) is 0 Å². The first-order valence-electron chi connectivity index (χ1n) is 7.20. The minimum Gasteiger partial charge on any atom is -0.350 e. The van der Waals surface area contributed by atoms with Gasteiger partial charge in [0.25, 0.3) is 5.56 Å². The topological polar surface area (TPSA) is 56.0 Å². The van der Waals surface area contributed by atoms with Gasteiger partial charge in [-0.15, -0.1) is 0 Å². The molecule has 0 unspecified atom stereocenters. The summed E-state index contributed by atoms with van der Waals surface area (Å²) in [6.07, 6.45) is 3.42. The number of amides is 1. The number of carbonyl (C=O) groups excluding carboxylic acids is 1. The second-order valence-electron chi connectivity index (χ2n) is 5.38. The van der Waals surface area contributed by atoms with Crippen LogP contribution in [-0.4, -0.2) is 15.0 Å². The summed E-state index contributed by atoms with van der Waals surface area (Å²) in [7, 11) is 1.79. The van der Waals surface area contributed by atoms with Crippen molar-refractivity contribution in [2.75, 3.05) is 0 Å². The maximum absolute atomic E-state index is 12.8. The van der Waals surface area contributed by atoms with Gasteiger partial charge in [0.05, 0.1) is 0 Å². The van der Waals surface area contributed by atoms with Gasteiger partial charge in [-0.3, -0.25) is 9.59 Å². The molecule has 2 heterocycles. The third kappa shape index (κ3) is 3.15. The van der Waals surface area contributed by atoms with E-state index in [-0.39, 0.29) is 23.8 Å². The zero-order valence-electron chi connectivity index (χ0n) is 12.6. The third-order valence-corrected chi connectivity index (χ3v) is 3.72. The number of rotatable bonds is 4. The molecule has 1 N–H and O–H groups in total. The maximum Gasteiger partial charge on any atom is 0.275 e. The highest BCUT2D eigenvalue weighted by molar-refractivity contribution is 5.80. The molecule has 23 heavy (non-hydrogen) atoms. The van der Waals surface area contributed by atoms with Crippen LogP contribution in [-0.2, 0) is 24.9 Å². The molecule has 3 rings (SSSR count). The Morgan fingerprint density at radius 1 is 1.13 bits per heavy atom. The van der Waals surface area contributed by atoms with Gasteiger partial charge in [-0.1, -0.05) is 12.1 Å². The number of hydrogen-bond acceptors (Lipinski definition) is 2. The molecule has 0 atom stereocenters. The summed E-state index contributed by atoms with van der Waals surface area (Å²) >= 11 is 0. The fourth-order valence-corrected chi connectivity index (χ4v) is 2.47. The average molecular weight is 313 g/mol. The Labute approximate surface area is 132 Å². The van der Waals surface area contributed by atoms with Crippen molar-refractivity contribution in [2.24, 2.45) is 7.05 Å². The van der Waals surface area contributed by atoms with Gasteiger partial charge in [-0.05, 0) is 29.8 Å². The lowest BCUT2D eigenvalue weighted by Gasteiger charge is -2.08. The van der Waals surface area contributed by atoms with Gasteiger partial charge in [0.2, 0.25) is 5.91 Å². The fraction of sp³-hybridized carbons (Fsp3) is 0.176. The van der Waals surface area contributed by atoms with E-state index in [4.69, 9.17) is 0 Å². The molecule has 2 aromatic heterocycles. The van der Waals surface area contributed by atoms with Crippen LogP contribution < -0.4 is 10.9 Å². The summed E-state index contributed by atoms with van der Waals surface area (Å²) in [5.41, 5.74) is 1.16. The molecule has 0 saturated carbocycles. The van der Waals surface area contributed by atoms with Crippen LogP contribution in [0.4, 0.5) is 4.39 Å². The Morgan fingerprint density at radius 3 is 2.57 bits per heavy atom. The predicted octanol–water partition coefficient (Wildman–Crippen LogP) is 1.80. The maximum atomic E-state index is 12.8. The van der Waals surface area contributed by atoms with Gasteiger partial charge in [0, 0.05) is 31.4 Å². The van der Waals surface area contributed by atoms with Crippen LogP contribution >= 0.6 is 0 Å². The van der Waals surface area contributed by atoms with E-state index in [1.807, 2.05) is 18.3 Å². The van der Waals surface area contributed by atoms with E-state index in [2.05, 4.69) is 5.32 Å². The molecule has 0 aliphatic heterocycles. The largest absolute Gasteiger partial charge is 0.350 e. The second kappa shape index (κ2) is 6.08. The summed E-state index contributed by atoms with van der Waals surface area (Å²) in [5.74, 6) is -0.590. The third-order valence-electron chi connectivity index (χ3n) is 3.72. The molecule has 0 radical (unpaired) electrons. The summed E-state index contributed by atoms with van der Waals surface area (Å²) in [5, 5.41) is 3.57. The molecule has 0 saturated heterocycles. The monoisotopic (exact) mass is 313 g/mol. The van der Waals surface area contributed by atoms with Crippen LogP contribution in [0.3, 0.4) is 0 Å². The van der Waals surface area contributed by atoms with Crippen LogP contribution in [0.1, 0.15) is 5.56 Å². The molecular formula is C17H16FN3O2. The van der Waals surface area contributed by atoms with E-state index in [1.54, 1.807) is 29.9 Å². The Kier molecular flexibility index (Phi) is 3.97. The molecule has 3 aromatic rings. The molecule has 6 heteroatoms. The number of hydrogen-bond donors (Lipinski definition) is 1. The fourth-order valence-electron chi connectivity index (χ4n) is 2.47. The number of aromatic nitrogens is 2. The zero-order valence-corrected chi connectivity index (χ0v) is 12.6. The van der Waals surface area contributed by atoms with Crippen LogP contribution in [0.25, 0.3) is 10.9 Å². The first kappa shape index (κ1) is 15.0. The van der Waals surface area contributed by atoms with Crippen molar-refractivity contribution in [1.29, 1.82) is 0 Å². The Balaban J connectivity index is 1.70. The normalized spacial score (nSPS) is 10.9. The number of aryl methyl sites for hydroxylation is 1. The number of fused-ring (bicyclic) bond motifs is 1. The Hall–Kier alpha value is -2.89. The van der Waals surface area contributed by atoms with E-state index >= 15 is 0 Å². The minimum absolute atomic E-state index is 0.0544. The van der Waals surface area contributed by atoms with Crippen molar-refractivity contribution in [3.8, 4) is 0 Å². The quantitative estimate of drug-likeness (QED) is 0.798. The lowest BCUT2D eigenvalue weighted by atomic mass is 10.2. The van der Waals surface area contributed by atoms with E-state index in [0.29, 0.717) is 12.1 Å². The number of nitrogens with one attached hydrogen (secondary N) is 1. The SMILES string of the molecule is Cn1ccc2ccn(CC(=O)NCc3ccc(F)cc3)c(=O)c21. The summed E-state index contributed by atoms with van der Waals surface area (Å²) in [6, 6.07) is 9.57. The molecule has 118 valence electrons. The first-order valence-corrected chi connectivity index (χ1v) is 7.20. The van der Waals surface area contributed by atoms with Crippen molar-refractivity contribution in [2.45, 2.75) is 13.1 Å². The van der Waals surface area contributed by atoms with Crippen molar-refractivity contribution >= 4 is 16.8 Å². The van der Waals surface area contributed by atoms with Gasteiger partial charge in [-0.25, -0.2) is 4.39 Å².